The number of aromatic nitrogens is 1. The molecule has 22 heavy (non-hydrogen) atoms. The van der Waals surface area contributed by atoms with Crippen molar-refractivity contribution in [1.82, 2.24) is 15.0 Å². The number of amides is 3. The van der Waals surface area contributed by atoms with E-state index in [4.69, 9.17) is 10.3 Å². The van der Waals surface area contributed by atoms with Gasteiger partial charge in [-0.05, 0) is 0 Å². The average molecular weight is 308 g/mol. The van der Waals surface area contributed by atoms with Crippen molar-refractivity contribution in [1.29, 1.82) is 0 Å². The molecule has 1 aromatic heterocycles. The summed E-state index contributed by atoms with van der Waals surface area (Å²) < 4.78 is 5.04. The smallest absolute Gasteiger partial charge is 0.276 e. The Kier molecular flexibility index (Phi) is 4.79. The summed E-state index contributed by atoms with van der Waals surface area (Å²) in [5.74, 6) is -0.960. The molecular weight excluding hydrogens is 288 g/mol. The molecule has 1 fully saturated rings. The lowest BCUT2D eigenvalue weighted by Crippen LogP contribution is -2.41. The first-order valence-electron chi connectivity index (χ1n) is 7.22. The molecule has 1 aliphatic heterocycles. The first-order chi connectivity index (χ1) is 10.4. The van der Waals surface area contributed by atoms with Crippen LogP contribution in [0, 0.1) is 5.92 Å². The van der Waals surface area contributed by atoms with E-state index in [0.717, 1.165) is 0 Å². The fourth-order valence-corrected chi connectivity index (χ4v) is 2.41. The highest BCUT2D eigenvalue weighted by atomic mass is 16.5. The highest BCUT2D eigenvalue weighted by molar-refractivity contribution is 5.93. The van der Waals surface area contributed by atoms with E-state index in [0.29, 0.717) is 25.3 Å². The molecule has 0 spiro atoms. The Balaban J connectivity index is 2.17. The van der Waals surface area contributed by atoms with Gasteiger partial charge in [-0.2, -0.15) is 0 Å². The van der Waals surface area contributed by atoms with Crippen LogP contribution in [-0.4, -0.2) is 58.9 Å². The van der Waals surface area contributed by atoms with Crippen LogP contribution in [0.25, 0.3) is 0 Å². The summed E-state index contributed by atoms with van der Waals surface area (Å²) in [5.41, 5.74) is 5.58. The van der Waals surface area contributed by atoms with Gasteiger partial charge in [0.1, 0.15) is 5.76 Å². The molecule has 0 saturated carbocycles. The lowest BCUT2D eigenvalue weighted by atomic mass is 10.1. The zero-order valence-electron chi connectivity index (χ0n) is 12.7. The van der Waals surface area contributed by atoms with Crippen LogP contribution in [0.5, 0.6) is 0 Å². The minimum Gasteiger partial charge on any atom is -0.369 e. The van der Waals surface area contributed by atoms with Crippen LogP contribution >= 0.6 is 0 Å². The molecule has 0 aliphatic carbocycles. The number of nitrogens with zero attached hydrogens (tertiary/aromatic N) is 3. The Labute approximate surface area is 128 Å². The number of hydrogen-bond acceptors (Lipinski definition) is 5. The van der Waals surface area contributed by atoms with Gasteiger partial charge in [0.2, 0.25) is 11.8 Å². The first-order valence-corrected chi connectivity index (χ1v) is 7.22. The van der Waals surface area contributed by atoms with E-state index in [9.17, 15) is 14.4 Å². The van der Waals surface area contributed by atoms with E-state index in [2.05, 4.69) is 5.16 Å². The van der Waals surface area contributed by atoms with Crippen LogP contribution in [0.2, 0.25) is 0 Å². The number of carbonyl (C=O) groups is 3. The molecule has 0 radical (unpaired) electrons. The number of hydrogen-bond donors (Lipinski definition) is 1. The molecule has 3 amide bonds. The van der Waals surface area contributed by atoms with Crippen LogP contribution in [0.3, 0.4) is 0 Å². The molecule has 0 aromatic carbocycles. The largest absolute Gasteiger partial charge is 0.369 e. The number of aryl methyl sites for hydroxylation is 1. The fourth-order valence-electron chi connectivity index (χ4n) is 2.41. The lowest BCUT2D eigenvalue weighted by molar-refractivity contribution is -0.130. The van der Waals surface area contributed by atoms with Gasteiger partial charge < -0.3 is 20.1 Å². The quantitative estimate of drug-likeness (QED) is 0.820. The Morgan fingerprint density at radius 1 is 1.32 bits per heavy atom. The Hall–Kier alpha value is -2.38. The molecule has 0 bridgehead atoms. The first kappa shape index (κ1) is 16.0. The Morgan fingerprint density at radius 2 is 1.95 bits per heavy atom. The molecule has 1 aromatic rings. The van der Waals surface area contributed by atoms with Crippen LogP contribution < -0.4 is 5.73 Å². The second-order valence-corrected chi connectivity index (χ2v) is 5.35. The Bertz CT molecular complexity index is 583. The van der Waals surface area contributed by atoms with Crippen molar-refractivity contribution in [2.45, 2.75) is 20.3 Å². The van der Waals surface area contributed by atoms with Gasteiger partial charge in [-0.1, -0.05) is 12.1 Å². The highest BCUT2D eigenvalue weighted by Gasteiger charge is 2.31. The standard InChI is InChI=1S/C14H20N4O4/c1-3-11-6-12(16-22-11)14(21)18-5-4-17(9(2)19)7-10(8-18)13(15)20/h6,10H,3-5,7-8H2,1-2H3,(H2,15,20)/t10-/m0/s1. The van der Waals surface area contributed by atoms with Gasteiger partial charge in [-0.25, -0.2) is 0 Å². The number of rotatable bonds is 3. The molecule has 1 saturated heterocycles. The molecule has 1 atom stereocenters. The maximum Gasteiger partial charge on any atom is 0.276 e. The zero-order valence-corrected chi connectivity index (χ0v) is 12.7. The molecule has 2 N–H and O–H groups in total. The minimum atomic E-state index is -0.590. The van der Waals surface area contributed by atoms with E-state index in [1.165, 1.54) is 16.7 Å². The normalized spacial score (nSPS) is 18.9. The van der Waals surface area contributed by atoms with Crippen molar-refractivity contribution in [2.24, 2.45) is 11.7 Å². The van der Waals surface area contributed by atoms with E-state index < -0.39 is 11.8 Å². The summed E-state index contributed by atoms with van der Waals surface area (Å²) in [7, 11) is 0. The van der Waals surface area contributed by atoms with Crippen molar-refractivity contribution < 1.29 is 18.9 Å². The monoisotopic (exact) mass is 308 g/mol. The van der Waals surface area contributed by atoms with Crippen molar-refractivity contribution in [3.05, 3.63) is 17.5 Å². The average Bonchev–Trinajstić information content (AvgIpc) is 2.83. The van der Waals surface area contributed by atoms with Crippen molar-refractivity contribution in [3.8, 4) is 0 Å². The molecule has 8 heteroatoms. The van der Waals surface area contributed by atoms with E-state index in [-0.39, 0.29) is 30.6 Å². The highest BCUT2D eigenvalue weighted by Crippen LogP contribution is 2.14. The van der Waals surface area contributed by atoms with Crippen LogP contribution in [-0.2, 0) is 16.0 Å². The molecule has 2 heterocycles. The van der Waals surface area contributed by atoms with E-state index in [1.807, 2.05) is 6.92 Å². The van der Waals surface area contributed by atoms with Gasteiger partial charge in [0.25, 0.3) is 5.91 Å². The van der Waals surface area contributed by atoms with Gasteiger partial charge >= 0.3 is 0 Å². The van der Waals surface area contributed by atoms with Gasteiger partial charge in [0, 0.05) is 45.6 Å². The van der Waals surface area contributed by atoms with Crippen LogP contribution in [0.15, 0.2) is 10.6 Å². The summed E-state index contributed by atoms with van der Waals surface area (Å²) in [6, 6.07) is 1.59. The lowest BCUT2D eigenvalue weighted by Gasteiger charge is -2.21. The Morgan fingerprint density at radius 3 is 2.50 bits per heavy atom. The summed E-state index contributed by atoms with van der Waals surface area (Å²) >= 11 is 0. The molecular formula is C14H20N4O4. The van der Waals surface area contributed by atoms with Crippen molar-refractivity contribution in [3.63, 3.8) is 0 Å². The molecule has 2 rings (SSSR count). The summed E-state index contributed by atoms with van der Waals surface area (Å²) in [5, 5.41) is 3.75. The summed E-state index contributed by atoms with van der Waals surface area (Å²) in [4.78, 5) is 38.6. The summed E-state index contributed by atoms with van der Waals surface area (Å²) in [6.07, 6.45) is 0.641. The topological polar surface area (TPSA) is 110 Å². The van der Waals surface area contributed by atoms with Gasteiger partial charge in [-0.15, -0.1) is 0 Å². The van der Waals surface area contributed by atoms with Gasteiger partial charge in [0.05, 0.1) is 5.92 Å². The second kappa shape index (κ2) is 6.59. The predicted octanol–water partition coefficient (Wildman–Crippen LogP) is -0.357. The molecule has 0 unspecified atom stereocenters. The molecule has 8 nitrogen and oxygen atoms in total. The van der Waals surface area contributed by atoms with Gasteiger partial charge in [-0.3, -0.25) is 14.4 Å². The predicted molar refractivity (Wildman–Crippen MR) is 76.7 cm³/mol. The van der Waals surface area contributed by atoms with Crippen molar-refractivity contribution in [2.75, 3.05) is 26.2 Å². The van der Waals surface area contributed by atoms with Crippen LogP contribution in [0.1, 0.15) is 30.1 Å². The molecule has 1 aliphatic rings. The second-order valence-electron chi connectivity index (χ2n) is 5.35. The third kappa shape index (κ3) is 3.44. The van der Waals surface area contributed by atoms with Crippen molar-refractivity contribution >= 4 is 17.7 Å². The third-order valence-electron chi connectivity index (χ3n) is 3.78. The third-order valence-corrected chi connectivity index (χ3v) is 3.78. The van der Waals surface area contributed by atoms with E-state index >= 15 is 0 Å². The SMILES string of the molecule is CCc1cc(C(=O)N2CCN(C(C)=O)C[C@H](C(N)=O)C2)no1. The van der Waals surface area contributed by atoms with E-state index in [1.54, 1.807) is 6.07 Å². The molecule has 120 valence electrons. The number of carbonyl (C=O) groups excluding carboxylic acids is 3. The maximum absolute atomic E-state index is 12.5. The maximum atomic E-state index is 12.5. The zero-order chi connectivity index (χ0) is 16.3. The minimum absolute atomic E-state index is 0.143. The van der Waals surface area contributed by atoms with Gasteiger partial charge in [0.15, 0.2) is 5.69 Å². The number of primary amides is 1. The fraction of sp³-hybridized carbons (Fsp3) is 0.571. The van der Waals surface area contributed by atoms with Crippen LogP contribution in [0.4, 0.5) is 0 Å². The summed E-state index contributed by atoms with van der Waals surface area (Å²) in [6.45, 7) is 4.43. The number of nitrogens with two attached hydrogens (primary N) is 1.